The van der Waals surface area contributed by atoms with Crippen LogP contribution in [0.3, 0.4) is 0 Å². The predicted octanol–water partition coefficient (Wildman–Crippen LogP) is 3.86. The van der Waals surface area contributed by atoms with Gasteiger partial charge in [-0.1, -0.05) is 54.6 Å². The van der Waals surface area contributed by atoms with E-state index in [0.29, 0.717) is 0 Å². The molecule has 4 nitrogen and oxygen atoms in total. The van der Waals surface area contributed by atoms with Gasteiger partial charge in [-0.2, -0.15) is 0 Å². The molecule has 0 aromatic heterocycles. The minimum absolute atomic E-state index is 0.00919. The first-order valence-electron chi connectivity index (χ1n) is 8.77. The second-order valence-corrected chi connectivity index (χ2v) is 6.40. The van der Waals surface area contributed by atoms with Crippen molar-refractivity contribution in [1.29, 1.82) is 0 Å². The van der Waals surface area contributed by atoms with E-state index in [1.165, 1.54) is 5.56 Å². The molecule has 1 aliphatic rings. The highest BCUT2D eigenvalue weighted by Gasteiger charge is 2.20. The SMILES string of the molecule is Cc1cccc(NC(=O)N2CCN(C/C=C/c3ccccc3)CC2)c1. The highest BCUT2D eigenvalue weighted by molar-refractivity contribution is 5.89. The third-order valence-electron chi connectivity index (χ3n) is 4.40. The Bertz CT molecular complexity index is 719. The van der Waals surface area contributed by atoms with Crippen molar-refractivity contribution < 1.29 is 4.79 Å². The predicted molar refractivity (Wildman–Crippen MR) is 104 cm³/mol. The van der Waals surface area contributed by atoms with Crippen molar-refractivity contribution in [3.63, 3.8) is 0 Å². The molecule has 0 saturated carbocycles. The summed E-state index contributed by atoms with van der Waals surface area (Å²) in [6.07, 6.45) is 4.34. The highest BCUT2D eigenvalue weighted by atomic mass is 16.2. The molecule has 25 heavy (non-hydrogen) atoms. The Hall–Kier alpha value is -2.59. The van der Waals surface area contributed by atoms with Gasteiger partial charge < -0.3 is 10.2 Å². The molecule has 0 spiro atoms. The Morgan fingerprint density at radius 2 is 1.80 bits per heavy atom. The molecule has 0 radical (unpaired) electrons. The van der Waals surface area contributed by atoms with E-state index in [4.69, 9.17) is 0 Å². The normalized spacial score (nSPS) is 15.5. The van der Waals surface area contributed by atoms with E-state index >= 15 is 0 Å². The number of benzene rings is 2. The minimum atomic E-state index is -0.00919. The minimum Gasteiger partial charge on any atom is -0.322 e. The average Bonchev–Trinajstić information content (AvgIpc) is 2.63. The molecule has 0 atom stereocenters. The van der Waals surface area contributed by atoms with Crippen LogP contribution in [0.4, 0.5) is 10.5 Å². The summed E-state index contributed by atoms with van der Waals surface area (Å²) >= 11 is 0. The molecule has 130 valence electrons. The topological polar surface area (TPSA) is 35.6 Å². The van der Waals surface area contributed by atoms with Gasteiger partial charge in [-0.05, 0) is 30.2 Å². The van der Waals surface area contributed by atoms with Crippen LogP contribution in [-0.4, -0.2) is 48.6 Å². The Morgan fingerprint density at radius 1 is 1.04 bits per heavy atom. The van der Waals surface area contributed by atoms with Gasteiger partial charge in [0, 0.05) is 38.4 Å². The third-order valence-corrected chi connectivity index (χ3v) is 4.40. The van der Waals surface area contributed by atoms with Crippen LogP contribution in [0.2, 0.25) is 0 Å². The van der Waals surface area contributed by atoms with E-state index < -0.39 is 0 Å². The van der Waals surface area contributed by atoms with E-state index in [9.17, 15) is 4.79 Å². The molecular weight excluding hydrogens is 310 g/mol. The quantitative estimate of drug-likeness (QED) is 0.921. The molecule has 1 saturated heterocycles. The largest absolute Gasteiger partial charge is 0.322 e. The molecule has 1 aliphatic heterocycles. The lowest BCUT2D eigenvalue weighted by Crippen LogP contribution is -2.49. The number of hydrogen-bond acceptors (Lipinski definition) is 2. The van der Waals surface area contributed by atoms with Crippen molar-refractivity contribution in [2.45, 2.75) is 6.92 Å². The van der Waals surface area contributed by atoms with E-state index in [-0.39, 0.29) is 6.03 Å². The fraction of sp³-hybridized carbons (Fsp3) is 0.286. The summed E-state index contributed by atoms with van der Waals surface area (Å²) in [4.78, 5) is 16.6. The van der Waals surface area contributed by atoms with E-state index in [1.807, 2.05) is 54.3 Å². The molecule has 1 heterocycles. The number of carbonyl (C=O) groups is 1. The van der Waals surface area contributed by atoms with Crippen molar-refractivity contribution in [2.24, 2.45) is 0 Å². The van der Waals surface area contributed by atoms with Gasteiger partial charge in [0.2, 0.25) is 0 Å². The number of carbonyl (C=O) groups excluding carboxylic acids is 1. The first kappa shape index (κ1) is 17.2. The van der Waals surface area contributed by atoms with Crippen LogP contribution in [-0.2, 0) is 0 Å². The van der Waals surface area contributed by atoms with E-state index in [1.54, 1.807) is 0 Å². The Morgan fingerprint density at radius 3 is 2.52 bits per heavy atom. The van der Waals surface area contributed by atoms with Crippen molar-refractivity contribution in [3.8, 4) is 0 Å². The lowest BCUT2D eigenvalue weighted by atomic mass is 10.2. The number of rotatable bonds is 4. The van der Waals surface area contributed by atoms with E-state index in [2.05, 4.69) is 34.5 Å². The molecule has 2 aromatic rings. The summed E-state index contributed by atoms with van der Waals surface area (Å²) in [5.74, 6) is 0. The maximum atomic E-state index is 12.4. The van der Waals surface area contributed by atoms with Gasteiger partial charge in [-0.25, -0.2) is 4.79 Å². The lowest BCUT2D eigenvalue weighted by Gasteiger charge is -2.34. The van der Waals surface area contributed by atoms with Crippen LogP contribution in [0, 0.1) is 6.92 Å². The summed E-state index contributed by atoms with van der Waals surface area (Å²) in [5.41, 5.74) is 3.23. The first-order valence-corrected chi connectivity index (χ1v) is 8.77. The van der Waals surface area contributed by atoms with Gasteiger partial charge in [-0.3, -0.25) is 4.90 Å². The smallest absolute Gasteiger partial charge is 0.321 e. The van der Waals surface area contributed by atoms with Gasteiger partial charge in [-0.15, -0.1) is 0 Å². The standard InChI is InChI=1S/C21H25N3O/c1-18-7-5-11-20(17-18)22-21(25)24-15-13-23(14-16-24)12-6-10-19-8-3-2-4-9-19/h2-11,17H,12-16H2,1H3,(H,22,25)/b10-6+. The second kappa shape index (κ2) is 8.49. The Labute approximate surface area is 149 Å². The van der Waals surface area contributed by atoms with Crippen LogP contribution in [0.15, 0.2) is 60.7 Å². The number of nitrogens with one attached hydrogen (secondary N) is 1. The highest BCUT2D eigenvalue weighted by Crippen LogP contribution is 2.11. The number of nitrogens with zero attached hydrogens (tertiary/aromatic N) is 2. The molecule has 2 aromatic carbocycles. The van der Waals surface area contributed by atoms with Crippen molar-refractivity contribution in [2.75, 3.05) is 38.0 Å². The molecule has 1 fully saturated rings. The summed E-state index contributed by atoms with van der Waals surface area (Å²) in [7, 11) is 0. The van der Waals surface area contributed by atoms with Crippen LogP contribution in [0.5, 0.6) is 0 Å². The van der Waals surface area contributed by atoms with Crippen LogP contribution in [0.1, 0.15) is 11.1 Å². The summed E-state index contributed by atoms with van der Waals surface area (Å²) in [6, 6.07) is 18.2. The number of anilines is 1. The Kier molecular flexibility index (Phi) is 5.86. The Balaban J connectivity index is 1.43. The zero-order valence-electron chi connectivity index (χ0n) is 14.7. The lowest BCUT2D eigenvalue weighted by molar-refractivity contribution is 0.156. The number of amides is 2. The molecule has 2 amide bonds. The monoisotopic (exact) mass is 335 g/mol. The average molecular weight is 335 g/mol. The third kappa shape index (κ3) is 5.19. The maximum absolute atomic E-state index is 12.4. The molecule has 3 rings (SSSR count). The molecule has 4 heteroatoms. The summed E-state index contributed by atoms with van der Waals surface area (Å²) in [5, 5.41) is 2.99. The summed E-state index contributed by atoms with van der Waals surface area (Å²) in [6.45, 7) is 6.27. The number of piperazine rings is 1. The molecule has 1 N–H and O–H groups in total. The second-order valence-electron chi connectivity index (χ2n) is 6.40. The van der Waals surface area contributed by atoms with Gasteiger partial charge in [0.15, 0.2) is 0 Å². The maximum Gasteiger partial charge on any atom is 0.321 e. The molecule has 0 unspecified atom stereocenters. The van der Waals surface area contributed by atoms with Gasteiger partial charge in [0.25, 0.3) is 0 Å². The van der Waals surface area contributed by atoms with Crippen LogP contribution in [0.25, 0.3) is 6.08 Å². The van der Waals surface area contributed by atoms with Gasteiger partial charge >= 0.3 is 6.03 Å². The van der Waals surface area contributed by atoms with Crippen molar-refractivity contribution in [3.05, 3.63) is 71.8 Å². The van der Waals surface area contributed by atoms with Gasteiger partial charge in [0.05, 0.1) is 0 Å². The fourth-order valence-electron chi connectivity index (χ4n) is 2.96. The first-order chi connectivity index (χ1) is 12.2. The van der Waals surface area contributed by atoms with Crippen molar-refractivity contribution >= 4 is 17.8 Å². The number of urea groups is 1. The summed E-state index contributed by atoms with van der Waals surface area (Å²) < 4.78 is 0. The molecule has 0 aliphatic carbocycles. The van der Waals surface area contributed by atoms with Crippen LogP contribution < -0.4 is 5.32 Å². The molecular formula is C21H25N3O. The fourth-order valence-corrected chi connectivity index (χ4v) is 2.96. The van der Waals surface area contributed by atoms with Crippen molar-refractivity contribution in [1.82, 2.24) is 9.80 Å². The number of hydrogen-bond donors (Lipinski definition) is 1. The van der Waals surface area contributed by atoms with E-state index in [0.717, 1.165) is 44.0 Å². The molecule has 0 bridgehead atoms. The number of aryl methyl sites for hydroxylation is 1. The zero-order chi connectivity index (χ0) is 17.5. The zero-order valence-corrected chi connectivity index (χ0v) is 14.7. The van der Waals surface area contributed by atoms with Crippen LogP contribution >= 0.6 is 0 Å². The van der Waals surface area contributed by atoms with Gasteiger partial charge in [0.1, 0.15) is 0 Å².